The molecule has 0 fully saturated rings. The predicted octanol–water partition coefficient (Wildman–Crippen LogP) is 1.55. The third-order valence-corrected chi connectivity index (χ3v) is 2.32. The van der Waals surface area contributed by atoms with E-state index in [2.05, 4.69) is 36.5 Å². The molecule has 0 aliphatic heterocycles. The minimum absolute atomic E-state index is 0.776. The van der Waals surface area contributed by atoms with Crippen LogP contribution in [0.1, 0.15) is 0 Å². The largest absolute Gasteiger partial charge is 0.368 e. The molecule has 0 aromatic carbocycles. The Bertz CT molecular complexity index is 397. The van der Waals surface area contributed by atoms with Crippen LogP contribution in [0.2, 0.25) is 0 Å². The van der Waals surface area contributed by atoms with Gasteiger partial charge in [0.15, 0.2) is 0 Å². The molecule has 0 saturated carbocycles. The van der Waals surface area contributed by atoms with Gasteiger partial charge in [-0.25, -0.2) is 4.98 Å². The SMILES string of the molecule is Brc1ccc(NCCn2ccnn2)nc1. The topological polar surface area (TPSA) is 55.6 Å². The summed E-state index contributed by atoms with van der Waals surface area (Å²) in [7, 11) is 0. The number of halogens is 1. The van der Waals surface area contributed by atoms with Crippen molar-refractivity contribution in [3.8, 4) is 0 Å². The molecule has 78 valence electrons. The summed E-state index contributed by atoms with van der Waals surface area (Å²) >= 11 is 3.33. The molecular formula is C9H10BrN5. The fraction of sp³-hybridized carbons (Fsp3) is 0.222. The molecular weight excluding hydrogens is 258 g/mol. The summed E-state index contributed by atoms with van der Waals surface area (Å²) in [6.07, 6.45) is 5.26. The van der Waals surface area contributed by atoms with E-state index >= 15 is 0 Å². The number of hydrogen-bond donors (Lipinski definition) is 1. The summed E-state index contributed by atoms with van der Waals surface area (Å²) < 4.78 is 2.75. The molecule has 0 radical (unpaired) electrons. The van der Waals surface area contributed by atoms with Crippen LogP contribution in [0.3, 0.4) is 0 Å². The summed E-state index contributed by atoms with van der Waals surface area (Å²) in [6, 6.07) is 3.87. The Kier molecular flexibility index (Phi) is 3.29. The zero-order valence-electron chi connectivity index (χ0n) is 7.97. The Morgan fingerprint density at radius 2 is 2.33 bits per heavy atom. The molecule has 0 spiro atoms. The number of anilines is 1. The first-order valence-electron chi connectivity index (χ1n) is 4.54. The lowest BCUT2D eigenvalue weighted by Crippen LogP contribution is -2.11. The molecule has 1 N–H and O–H groups in total. The Hall–Kier alpha value is -1.43. The van der Waals surface area contributed by atoms with Gasteiger partial charge in [-0.15, -0.1) is 5.10 Å². The van der Waals surface area contributed by atoms with E-state index in [1.807, 2.05) is 18.3 Å². The first-order chi connectivity index (χ1) is 7.34. The van der Waals surface area contributed by atoms with Gasteiger partial charge in [-0.3, -0.25) is 4.68 Å². The lowest BCUT2D eigenvalue weighted by atomic mass is 10.4. The van der Waals surface area contributed by atoms with Gasteiger partial charge in [0.25, 0.3) is 0 Å². The number of aromatic nitrogens is 4. The summed E-state index contributed by atoms with van der Waals surface area (Å²) in [5.41, 5.74) is 0. The molecule has 0 atom stereocenters. The van der Waals surface area contributed by atoms with E-state index in [1.165, 1.54) is 0 Å². The van der Waals surface area contributed by atoms with Crippen LogP contribution in [0.25, 0.3) is 0 Å². The Labute approximate surface area is 95.7 Å². The van der Waals surface area contributed by atoms with Gasteiger partial charge in [0, 0.05) is 23.4 Å². The standard InChI is InChI=1S/C9H10BrN5/c10-8-1-2-9(12-7-8)11-3-5-15-6-4-13-14-15/h1-2,4,6-7H,3,5H2,(H,11,12). The molecule has 0 saturated heterocycles. The van der Waals surface area contributed by atoms with E-state index in [0.717, 1.165) is 23.4 Å². The van der Waals surface area contributed by atoms with Crippen molar-refractivity contribution in [2.45, 2.75) is 6.54 Å². The second-order valence-electron chi connectivity index (χ2n) is 2.95. The first kappa shape index (κ1) is 10.1. The maximum Gasteiger partial charge on any atom is 0.126 e. The second kappa shape index (κ2) is 4.88. The van der Waals surface area contributed by atoms with Gasteiger partial charge >= 0.3 is 0 Å². The third-order valence-electron chi connectivity index (χ3n) is 1.85. The number of hydrogen-bond acceptors (Lipinski definition) is 4. The zero-order valence-corrected chi connectivity index (χ0v) is 9.55. The van der Waals surface area contributed by atoms with Crippen molar-refractivity contribution in [3.63, 3.8) is 0 Å². The molecule has 2 heterocycles. The van der Waals surface area contributed by atoms with Crippen molar-refractivity contribution in [1.29, 1.82) is 0 Å². The van der Waals surface area contributed by atoms with Gasteiger partial charge in [-0.1, -0.05) is 5.21 Å². The Morgan fingerprint density at radius 3 is 3.00 bits per heavy atom. The van der Waals surface area contributed by atoms with E-state index in [-0.39, 0.29) is 0 Å². The Balaban J connectivity index is 1.81. The predicted molar refractivity (Wildman–Crippen MR) is 60.4 cm³/mol. The van der Waals surface area contributed by atoms with E-state index in [1.54, 1.807) is 17.1 Å². The quantitative estimate of drug-likeness (QED) is 0.914. The monoisotopic (exact) mass is 267 g/mol. The lowest BCUT2D eigenvalue weighted by molar-refractivity contribution is 0.608. The summed E-state index contributed by atoms with van der Waals surface area (Å²) in [6.45, 7) is 1.55. The van der Waals surface area contributed by atoms with E-state index in [9.17, 15) is 0 Å². The normalized spacial score (nSPS) is 10.2. The summed E-state index contributed by atoms with van der Waals surface area (Å²) in [5.74, 6) is 0.860. The van der Waals surface area contributed by atoms with Gasteiger partial charge < -0.3 is 5.32 Å². The molecule has 0 aliphatic rings. The maximum atomic E-state index is 4.19. The van der Waals surface area contributed by atoms with Crippen LogP contribution in [-0.4, -0.2) is 26.5 Å². The highest BCUT2D eigenvalue weighted by atomic mass is 79.9. The third kappa shape index (κ3) is 3.02. The van der Waals surface area contributed by atoms with Gasteiger partial charge in [-0.05, 0) is 28.1 Å². The van der Waals surface area contributed by atoms with Gasteiger partial charge in [0.2, 0.25) is 0 Å². The number of nitrogens with zero attached hydrogens (tertiary/aromatic N) is 4. The molecule has 15 heavy (non-hydrogen) atoms. The lowest BCUT2D eigenvalue weighted by Gasteiger charge is -2.04. The summed E-state index contributed by atoms with van der Waals surface area (Å²) in [4.78, 5) is 4.19. The molecule has 5 nitrogen and oxygen atoms in total. The molecule has 0 aliphatic carbocycles. The van der Waals surface area contributed by atoms with Crippen molar-refractivity contribution in [1.82, 2.24) is 20.0 Å². The van der Waals surface area contributed by atoms with Gasteiger partial charge in [0.05, 0.1) is 12.7 Å². The number of rotatable bonds is 4. The Morgan fingerprint density at radius 1 is 1.40 bits per heavy atom. The van der Waals surface area contributed by atoms with Crippen LogP contribution < -0.4 is 5.32 Å². The smallest absolute Gasteiger partial charge is 0.126 e. The van der Waals surface area contributed by atoms with E-state index in [4.69, 9.17) is 0 Å². The van der Waals surface area contributed by atoms with Crippen molar-refractivity contribution in [3.05, 3.63) is 35.2 Å². The van der Waals surface area contributed by atoms with Crippen molar-refractivity contribution in [2.75, 3.05) is 11.9 Å². The molecule has 2 rings (SSSR count). The molecule has 6 heteroatoms. The molecule has 0 amide bonds. The second-order valence-corrected chi connectivity index (χ2v) is 3.87. The molecule has 2 aromatic heterocycles. The highest BCUT2D eigenvalue weighted by molar-refractivity contribution is 9.10. The van der Waals surface area contributed by atoms with Gasteiger partial charge in [-0.2, -0.15) is 0 Å². The number of nitrogens with one attached hydrogen (secondary N) is 1. The first-order valence-corrected chi connectivity index (χ1v) is 5.33. The average molecular weight is 268 g/mol. The minimum atomic E-state index is 0.776. The van der Waals surface area contributed by atoms with E-state index in [0.29, 0.717) is 0 Å². The average Bonchev–Trinajstić information content (AvgIpc) is 2.74. The van der Waals surface area contributed by atoms with Crippen LogP contribution in [0, 0.1) is 0 Å². The molecule has 2 aromatic rings. The highest BCUT2D eigenvalue weighted by Gasteiger charge is 1.94. The van der Waals surface area contributed by atoms with Crippen LogP contribution >= 0.6 is 15.9 Å². The number of pyridine rings is 1. The van der Waals surface area contributed by atoms with Gasteiger partial charge in [0.1, 0.15) is 5.82 Å². The molecule has 0 bridgehead atoms. The summed E-state index contributed by atoms with van der Waals surface area (Å²) in [5, 5.41) is 10.8. The fourth-order valence-corrected chi connectivity index (χ4v) is 1.37. The highest BCUT2D eigenvalue weighted by Crippen LogP contribution is 2.09. The van der Waals surface area contributed by atoms with Crippen molar-refractivity contribution in [2.24, 2.45) is 0 Å². The van der Waals surface area contributed by atoms with Crippen LogP contribution in [0.5, 0.6) is 0 Å². The zero-order chi connectivity index (χ0) is 10.5. The minimum Gasteiger partial charge on any atom is -0.368 e. The van der Waals surface area contributed by atoms with Crippen LogP contribution in [-0.2, 0) is 6.54 Å². The van der Waals surface area contributed by atoms with E-state index < -0.39 is 0 Å². The molecule has 0 unspecified atom stereocenters. The van der Waals surface area contributed by atoms with Crippen molar-refractivity contribution >= 4 is 21.7 Å². The maximum absolute atomic E-state index is 4.19. The fourth-order valence-electron chi connectivity index (χ4n) is 1.13. The van der Waals surface area contributed by atoms with Crippen molar-refractivity contribution < 1.29 is 0 Å². The van der Waals surface area contributed by atoms with Crippen LogP contribution in [0.15, 0.2) is 35.2 Å². The van der Waals surface area contributed by atoms with Crippen LogP contribution in [0.4, 0.5) is 5.82 Å².